The number of phenolic OH excluding ortho intramolecular Hbond substituents is 1. The molecule has 0 heterocycles. The van der Waals surface area contributed by atoms with Gasteiger partial charge in [0.15, 0.2) is 0 Å². The van der Waals surface area contributed by atoms with Crippen LogP contribution in [0.5, 0.6) is 5.75 Å². The maximum absolute atomic E-state index is 12.3. The lowest BCUT2D eigenvalue weighted by Gasteiger charge is -2.34. The van der Waals surface area contributed by atoms with Gasteiger partial charge in [0.25, 0.3) is 0 Å². The van der Waals surface area contributed by atoms with Crippen LogP contribution in [0.15, 0.2) is 54.6 Å². The van der Waals surface area contributed by atoms with Crippen molar-refractivity contribution in [2.75, 3.05) is 4.90 Å². The fourth-order valence-corrected chi connectivity index (χ4v) is 3.31. The molecular weight excluding hydrogens is 418 g/mol. The van der Waals surface area contributed by atoms with E-state index in [9.17, 15) is 9.90 Å². The number of aromatic hydroxyl groups is 1. The molecule has 0 radical (unpaired) electrons. The van der Waals surface area contributed by atoms with Crippen molar-refractivity contribution in [3.8, 4) is 5.75 Å². The van der Waals surface area contributed by atoms with Gasteiger partial charge in [-0.05, 0) is 42.7 Å². The second-order valence-corrected chi connectivity index (χ2v) is 6.80. The number of primary amides is 1. The van der Waals surface area contributed by atoms with Crippen molar-refractivity contribution >= 4 is 28.7 Å². The summed E-state index contributed by atoms with van der Waals surface area (Å²) >= 11 is 0. The number of urea groups is 1. The number of nitrogens with zero attached hydrogens (tertiary/aromatic N) is 1. The van der Waals surface area contributed by atoms with E-state index in [0.29, 0.717) is 5.69 Å². The Hall–Kier alpha value is -2.05. The van der Waals surface area contributed by atoms with Crippen molar-refractivity contribution in [3.63, 3.8) is 0 Å². The summed E-state index contributed by atoms with van der Waals surface area (Å²) in [6.45, 7) is 4.29. The van der Waals surface area contributed by atoms with E-state index in [2.05, 4.69) is 31.3 Å². The Bertz CT molecular complexity index is 695. The molecule has 0 aliphatic carbocycles. The molecule has 0 aliphatic rings. The zero-order valence-corrected chi connectivity index (χ0v) is 18.4. The van der Waals surface area contributed by atoms with Crippen LogP contribution in [0, 0.1) is 0 Å². The topological polar surface area (TPSA) is 78.6 Å². The van der Waals surface area contributed by atoms with Crippen LogP contribution in [-0.2, 0) is 0 Å². The minimum Gasteiger partial charge on any atom is -0.508 e. The molecule has 2 amide bonds. The summed E-state index contributed by atoms with van der Waals surface area (Å²) in [7, 11) is 0. The number of hydrogen-bond donors (Lipinski definition) is 3. The van der Waals surface area contributed by atoms with Crippen LogP contribution in [0.1, 0.15) is 57.6 Å². The van der Waals surface area contributed by atoms with Crippen LogP contribution in [0.3, 0.4) is 0 Å². The molecule has 2 atom stereocenters. The summed E-state index contributed by atoms with van der Waals surface area (Å²) in [5.41, 5.74) is 7.63. The number of benzene rings is 2. The highest BCUT2D eigenvalue weighted by atomic mass is 79.9. The van der Waals surface area contributed by atoms with Crippen molar-refractivity contribution in [1.29, 1.82) is 0 Å². The van der Waals surface area contributed by atoms with E-state index >= 15 is 0 Å². The van der Waals surface area contributed by atoms with Crippen molar-refractivity contribution < 1.29 is 9.90 Å². The molecule has 0 aromatic heterocycles. The van der Waals surface area contributed by atoms with Crippen LogP contribution in [0.4, 0.5) is 10.5 Å². The third-order valence-corrected chi connectivity index (χ3v) is 4.68. The monoisotopic (exact) mass is 449 g/mol. The summed E-state index contributed by atoms with van der Waals surface area (Å²) in [5.74, 6) is 0.161. The molecule has 28 heavy (non-hydrogen) atoms. The van der Waals surface area contributed by atoms with Crippen molar-refractivity contribution in [2.45, 2.75) is 58.2 Å². The molecule has 0 aliphatic heterocycles. The van der Waals surface area contributed by atoms with E-state index in [1.807, 2.05) is 18.2 Å². The number of carbonyl (C=O) groups is 1. The Morgan fingerprint density at radius 3 is 2.21 bits per heavy atom. The number of amides is 2. The Kier molecular flexibility index (Phi) is 10.6. The minimum atomic E-state index is -0.502. The van der Waals surface area contributed by atoms with E-state index in [1.165, 1.54) is 5.56 Å². The second kappa shape index (κ2) is 12.4. The van der Waals surface area contributed by atoms with Crippen molar-refractivity contribution in [2.24, 2.45) is 5.73 Å². The Morgan fingerprint density at radius 2 is 1.68 bits per heavy atom. The number of rotatable bonds is 10. The third-order valence-electron chi connectivity index (χ3n) is 4.68. The summed E-state index contributed by atoms with van der Waals surface area (Å²) in [6, 6.07) is 16.5. The van der Waals surface area contributed by atoms with E-state index in [4.69, 9.17) is 5.73 Å². The fourth-order valence-electron chi connectivity index (χ4n) is 3.31. The number of hydrogen-bond acceptors (Lipinski definition) is 3. The Balaban J connectivity index is 0.00000392. The SMILES string of the molecule is Br.CCCCC(NC(CCC)c1ccccc1)N(C(N)=O)c1ccc(O)cc1. The van der Waals surface area contributed by atoms with Crippen molar-refractivity contribution in [3.05, 3.63) is 60.2 Å². The first-order chi connectivity index (χ1) is 13.1. The number of halogens is 1. The molecule has 5 nitrogen and oxygen atoms in total. The fraction of sp³-hybridized carbons (Fsp3) is 0.409. The highest BCUT2D eigenvalue weighted by Gasteiger charge is 2.26. The standard InChI is InChI=1S/C22H31N3O2.BrH/c1-3-5-12-21(24-20(9-4-2)17-10-7-6-8-11-17)25(22(23)27)18-13-15-19(26)16-14-18;/h6-8,10-11,13-16,20-21,24,26H,3-5,9,12H2,1-2H3,(H2,23,27);1H. The number of anilines is 1. The molecule has 2 aromatic carbocycles. The first kappa shape index (κ1) is 24.0. The molecule has 2 unspecified atom stereocenters. The van der Waals surface area contributed by atoms with Gasteiger partial charge in [0.05, 0.1) is 6.17 Å². The molecule has 2 aromatic rings. The van der Waals surface area contributed by atoms with Gasteiger partial charge < -0.3 is 10.8 Å². The van der Waals surface area contributed by atoms with Gasteiger partial charge in [-0.3, -0.25) is 10.2 Å². The first-order valence-corrected chi connectivity index (χ1v) is 9.75. The van der Waals surface area contributed by atoms with Crippen molar-refractivity contribution in [1.82, 2.24) is 5.32 Å². The lowest BCUT2D eigenvalue weighted by molar-refractivity contribution is 0.247. The van der Waals surface area contributed by atoms with Gasteiger partial charge in [0, 0.05) is 11.7 Å². The van der Waals surface area contributed by atoms with E-state index < -0.39 is 6.03 Å². The lowest BCUT2D eigenvalue weighted by atomic mass is 10.0. The summed E-state index contributed by atoms with van der Waals surface area (Å²) < 4.78 is 0. The summed E-state index contributed by atoms with van der Waals surface area (Å²) in [5, 5.41) is 13.2. The normalized spacial score (nSPS) is 12.6. The minimum absolute atomic E-state index is 0. The van der Waals surface area contributed by atoms with E-state index in [0.717, 1.165) is 32.1 Å². The maximum atomic E-state index is 12.3. The van der Waals surface area contributed by atoms with Gasteiger partial charge in [-0.25, -0.2) is 4.79 Å². The summed E-state index contributed by atoms with van der Waals surface area (Å²) in [4.78, 5) is 13.9. The number of nitrogens with two attached hydrogens (primary N) is 1. The molecule has 0 saturated heterocycles. The van der Waals surface area contributed by atoms with Crippen LogP contribution >= 0.6 is 17.0 Å². The van der Waals surface area contributed by atoms with Crippen LogP contribution in [0.2, 0.25) is 0 Å². The number of unbranched alkanes of at least 4 members (excludes halogenated alkanes) is 1. The molecule has 0 bridgehead atoms. The molecule has 6 heteroatoms. The molecular formula is C22H32BrN3O2. The van der Waals surface area contributed by atoms with Gasteiger partial charge in [-0.2, -0.15) is 0 Å². The zero-order valence-electron chi connectivity index (χ0n) is 16.7. The van der Waals surface area contributed by atoms with Gasteiger partial charge in [0.1, 0.15) is 5.75 Å². The maximum Gasteiger partial charge on any atom is 0.320 e. The highest BCUT2D eigenvalue weighted by molar-refractivity contribution is 8.93. The van der Waals surface area contributed by atoms with Crippen LogP contribution < -0.4 is 16.0 Å². The molecule has 0 saturated carbocycles. The number of nitrogens with one attached hydrogen (secondary N) is 1. The third kappa shape index (κ3) is 6.84. The quantitative estimate of drug-likeness (QED) is 0.418. The first-order valence-electron chi connectivity index (χ1n) is 9.75. The van der Waals surface area contributed by atoms with E-state index in [1.54, 1.807) is 29.2 Å². The van der Waals surface area contributed by atoms with Gasteiger partial charge in [-0.1, -0.05) is 63.4 Å². The number of phenols is 1. The van der Waals surface area contributed by atoms with E-state index in [-0.39, 0.29) is 34.9 Å². The Morgan fingerprint density at radius 1 is 1.04 bits per heavy atom. The smallest absolute Gasteiger partial charge is 0.320 e. The largest absolute Gasteiger partial charge is 0.508 e. The van der Waals surface area contributed by atoms with Gasteiger partial charge in [0.2, 0.25) is 0 Å². The molecule has 0 fully saturated rings. The predicted molar refractivity (Wildman–Crippen MR) is 121 cm³/mol. The highest BCUT2D eigenvalue weighted by Crippen LogP contribution is 2.25. The number of carbonyl (C=O) groups excluding carboxylic acids is 1. The average Bonchev–Trinajstić information content (AvgIpc) is 2.67. The lowest BCUT2D eigenvalue weighted by Crippen LogP contribution is -2.52. The summed E-state index contributed by atoms with van der Waals surface area (Å²) in [6.07, 6.45) is 4.59. The molecule has 4 N–H and O–H groups in total. The second-order valence-electron chi connectivity index (χ2n) is 6.80. The van der Waals surface area contributed by atoms with Crippen LogP contribution in [0.25, 0.3) is 0 Å². The molecule has 2 rings (SSSR count). The molecule has 154 valence electrons. The van der Waals surface area contributed by atoms with Gasteiger partial charge in [-0.15, -0.1) is 17.0 Å². The average molecular weight is 450 g/mol. The van der Waals surface area contributed by atoms with Crippen LogP contribution in [-0.4, -0.2) is 17.3 Å². The zero-order chi connectivity index (χ0) is 19.6. The Labute approximate surface area is 178 Å². The predicted octanol–water partition coefficient (Wildman–Crippen LogP) is 5.50. The van der Waals surface area contributed by atoms with Gasteiger partial charge >= 0.3 is 6.03 Å². The molecule has 0 spiro atoms.